The molecule has 0 spiro atoms. The van der Waals surface area contributed by atoms with E-state index in [1.165, 1.54) is 24.3 Å². The summed E-state index contributed by atoms with van der Waals surface area (Å²) in [6.07, 6.45) is 0. The van der Waals surface area contributed by atoms with Crippen LogP contribution in [0.4, 0.5) is 11.4 Å². The number of nitro benzene ring substituents is 1. The van der Waals surface area contributed by atoms with Gasteiger partial charge in [0.05, 0.1) is 4.92 Å². The molecule has 1 aromatic rings. The van der Waals surface area contributed by atoms with E-state index >= 15 is 0 Å². The fraction of sp³-hybridized carbons (Fsp3) is 0. The van der Waals surface area contributed by atoms with Crippen molar-refractivity contribution in [3.8, 4) is 0 Å². The Hall–Kier alpha value is -1.63. The van der Waals surface area contributed by atoms with Gasteiger partial charge in [0, 0.05) is 6.07 Å². The molecule has 0 saturated heterocycles. The molecule has 0 heterocycles. The van der Waals surface area contributed by atoms with E-state index in [4.69, 9.17) is 0 Å². The molecule has 13 heavy (non-hydrogen) atoms. The molecule has 0 aliphatic rings. The smallest absolute Gasteiger partial charge is 0.279 e. The van der Waals surface area contributed by atoms with Crippen molar-refractivity contribution >= 4 is 22.3 Å². The molecule has 0 aromatic heterocycles. The maximum atomic E-state index is 10.4. The molecule has 1 aromatic carbocycles. The van der Waals surface area contributed by atoms with Crippen LogP contribution in [0.25, 0.3) is 0 Å². The summed E-state index contributed by atoms with van der Waals surface area (Å²) in [6.45, 7) is 0. The highest BCUT2D eigenvalue weighted by molar-refractivity contribution is 7.73. The number of nitrogens with zero attached hydrogens (tertiary/aromatic N) is 1. The number of hydrogen-bond donors (Lipinski definition) is 2. The third-order valence-electron chi connectivity index (χ3n) is 1.31. The Bertz CT molecular complexity index is 393. The number of benzene rings is 1. The van der Waals surface area contributed by atoms with Gasteiger partial charge in [-0.1, -0.05) is 12.1 Å². The number of rotatable bonds is 3. The predicted molar refractivity (Wildman–Crippen MR) is 47.0 cm³/mol. The lowest BCUT2D eigenvalue weighted by atomic mass is 10.3. The van der Waals surface area contributed by atoms with Gasteiger partial charge in [0.1, 0.15) is 5.69 Å². The largest absolute Gasteiger partial charge is 0.293 e. The van der Waals surface area contributed by atoms with Crippen molar-refractivity contribution in [3.05, 3.63) is 34.4 Å². The quantitative estimate of drug-likeness (QED) is 0.425. The first-order chi connectivity index (χ1) is 6.11. The van der Waals surface area contributed by atoms with Crippen LogP contribution in [0, 0.1) is 10.1 Å². The summed E-state index contributed by atoms with van der Waals surface area (Å²) in [7, 11) is -2.87. The monoisotopic (exact) mass is 202 g/mol. The maximum Gasteiger partial charge on any atom is 0.293 e. The average Bonchev–Trinajstić information content (AvgIpc) is 2.03. The summed E-state index contributed by atoms with van der Waals surface area (Å²) in [6, 6.07) is 5.51. The fourth-order valence-electron chi connectivity index (χ4n) is 0.826. The molecule has 1 rings (SSSR count). The van der Waals surface area contributed by atoms with Crippen molar-refractivity contribution in [2.45, 2.75) is 0 Å². The molecular formula is C6H6N2O4S. The van der Waals surface area contributed by atoms with E-state index in [2.05, 4.69) is 0 Å². The average molecular weight is 202 g/mol. The Balaban J connectivity index is 3.11. The summed E-state index contributed by atoms with van der Waals surface area (Å²) in [5, 5.41) is 10.4. The lowest BCUT2D eigenvalue weighted by Gasteiger charge is -1.98. The van der Waals surface area contributed by atoms with E-state index < -0.39 is 15.8 Å². The molecule has 6 nitrogen and oxygen atoms in total. The molecular weight excluding hydrogens is 196 g/mol. The highest BCUT2D eigenvalue weighted by Crippen LogP contribution is 2.22. The summed E-state index contributed by atoms with van der Waals surface area (Å²) in [5.74, 6) is 0. The van der Waals surface area contributed by atoms with Crippen molar-refractivity contribution in [1.82, 2.24) is 0 Å². The highest BCUT2D eigenvalue weighted by atomic mass is 32.2. The SMILES string of the molecule is O=[N+]([O-])c1ccccc1N[SH](=O)=O. The minimum absolute atomic E-state index is 0.0244. The predicted octanol–water partition coefficient (Wildman–Crippen LogP) is 0.533. The third kappa shape index (κ3) is 2.41. The molecule has 0 atom stereocenters. The zero-order valence-corrected chi connectivity index (χ0v) is 7.23. The van der Waals surface area contributed by atoms with Crippen LogP contribution in [-0.2, 0) is 10.9 Å². The lowest BCUT2D eigenvalue weighted by molar-refractivity contribution is -0.383. The van der Waals surface area contributed by atoms with Crippen LogP contribution < -0.4 is 4.72 Å². The number of nitrogens with one attached hydrogen (secondary N) is 1. The maximum absolute atomic E-state index is 10.4. The van der Waals surface area contributed by atoms with E-state index in [1.54, 1.807) is 0 Å². The van der Waals surface area contributed by atoms with Gasteiger partial charge in [-0.25, -0.2) is 8.42 Å². The number of para-hydroxylation sites is 2. The molecule has 0 amide bonds. The van der Waals surface area contributed by atoms with Gasteiger partial charge in [-0.05, 0) is 6.07 Å². The van der Waals surface area contributed by atoms with Crippen LogP contribution in [0.15, 0.2) is 24.3 Å². The first-order valence-corrected chi connectivity index (χ1v) is 4.43. The Morgan fingerprint density at radius 3 is 2.46 bits per heavy atom. The molecule has 0 aliphatic heterocycles. The van der Waals surface area contributed by atoms with Crippen LogP contribution in [0.5, 0.6) is 0 Å². The summed E-state index contributed by atoms with van der Waals surface area (Å²) in [5.41, 5.74) is -0.287. The Kier molecular flexibility index (Phi) is 2.80. The van der Waals surface area contributed by atoms with Crippen LogP contribution in [0.3, 0.4) is 0 Å². The fourth-order valence-corrected chi connectivity index (χ4v) is 1.21. The van der Waals surface area contributed by atoms with Crippen LogP contribution in [0.1, 0.15) is 0 Å². The lowest BCUT2D eigenvalue weighted by Crippen LogP contribution is -1.99. The minimum atomic E-state index is -2.87. The number of hydrogen-bond acceptors (Lipinski definition) is 4. The Morgan fingerprint density at radius 2 is 1.92 bits per heavy atom. The van der Waals surface area contributed by atoms with Crippen molar-refractivity contribution < 1.29 is 13.3 Å². The normalized spacial score (nSPS) is 9.92. The van der Waals surface area contributed by atoms with Gasteiger partial charge in [0.25, 0.3) is 5.69 Å². The number of thiol groups is 1. The zero-order valence-electron chi connectivity index (χ0n) is 6.34. The molecule has 0 bridgehead atoms. The second-order valence-electron chi connectivity index (χ2n) is 2.14. The summed E-state index contributed by atoms with van der Waals surface area (Å²) >= 11 is 0. The third-order valence-corrected chi connectivity index (χ3v) is 1.74. The van der Waals surface area contributed by atoms with E-state index in [0.717, 1.165) is 0 Å². The zero-order chi connectivity index (χ0) is 9.84. The van der Waals surface area contributed by atoms with E-state index in [9.17, 15) is 18.5 Å². The molecule has 1 N–H and O–H groups in total. The van der Waals surface area contributed by atoms with E-state index in [1.807, 2.05) is 4.72 Å². The Labute approximate surface area is 75.4 Å². The molecule has 0 fully saturated rings. The Morgan fingerprint density at radius 1 is 1.31 bits per heavy atom. The van der Waals surface area contributed by atoms with Crippen molar-refractivity contribution in [2.24, 2.45) is 0 Å². The second kappa shape index (κ2) is 3.85. The second-order valence-corrected chi connectivity index (χ2v) is 2.88. The molecule has 0 aliphatic carbocycles. The first kappa shape index (κ1) is 9.46. The molecule has 0 unspecified atom stereocenters. The van der Waals surface area contributed by atoms with Gasteiger partial charge < -0.3 is 0 Å². The number of anilines is 1. The first-order valence-electron chi connectivity index (χ1n) is 3.25. The van der Waals surface area contributed by atoms with E-state index in [-0.39, 0.29) is 11.4 Å². The molecule has 7 heteroatoms. The van der Waals surface area contributed by atoms with Gasteiger partial charge in [-0.15, -0.1) is 0 Å². The topological polar surface area (TPSA) is 89.3 Å². The standard InChI is InChI=1S/C6H6N2O4S/c9-8(10)6-4-2-1-3-5(6)7-13(11)12/h1-4,13H,(H,7,11,12). The van der Waals surface area contributed by atoms with Gasteiger partial charge in [-0.2, -0.15) is 0 Å². The van der Waals surface area contributed by atoms with Crippen molar-refractivity contribution in [2.75, 3.05) is 4.72 Å². The number of nitro groups is 1. The van der Waals surface area contributed by atoms with Gasteiger partial charge in [0.15, 0.2) is 0 Å². The van der Waals surface area contributed by atoms with Crippen molar-refractivity contribution in [3.63, 3.8) is 0 Å². The van der Waals surface area contributed by atoms with Gasteiger partial charge >= 0.3 is 0 Å². The van der Waals surface area contributed by atoms with E-state index in [0.29, 0.717) is 0 Å². The van der Waals surface area contributed by atoms with Gasteiger partial charge in [0.2, 0.25) is 10.9 Å². The van der Waals surface area contributed by atoms with Crippen LogP contribution in [0.2, 0.25) is 0 Å². The molecule has 70 valence electrons. The van der Waals surface area contributed by atoms with Crippen molar-refractivity contribution in [1.29, 1.82) is 0 Å². The van der Waals surface area contributed by atoms with Gasteiger partial charge in [-0.3, -0.25) is 14.8 Å². The van der Waals surface area contributed by atoms with Crippen LogP contribution in [-0.4, -0.2) is 13.3 Å². The van der Waals surface area contributed by atoms with Crippen LogP contribution >= 0.6 is 0 Å². The minimum Gasteiger partial charge on any atom is -0.279 e. The molecule has 0 saturated carbocycles. The summed E-state index contributed by atoms with van der Waals surface area (Å²) in [4.78, 5) is 9.72. The summed E-state index contributed by atoms with van der Waals surface area (Å²) < 4.78 is 22.5. The molecule has 0 radical (unpaired) electrons. The highest BCUT2D eigenvalue weighted by Gasteiger charge is 2.11.